The van der Waals surface area contributed by atoms with Gasteiger partial charge in [0.2, 0.25) is 11.6 Å². The molecule has 0 saturated heterocycles. The molecule has 11 nitrogen and oxygen atoms in total. The molecule has 43 heavy (non-hydrogen) atoms. The molecule has 0 spiro atoms. The number of ketones is 2. The molecule has 5 N–H and O–H groups in total. The maximum Gasteiger partial charge on any atom is 0.405 e. The molecule has 12 heteroatoms. The topological polar surface area (TPSA) is 166 Å². The van der Waals surface area contributed by atoms with E-state index in [1.807, 2.05) is 6.92 Å². The minimum Gasteiger partial charge on any atom is -0.439 e. The van der Waals surface area contributed by atoms with Gasteiger partial charge in [-0.3, -0.25) is 14.4 Å². The number of rotatable bonds is 6. The number of hydrogen-bond donors (Lipinski definition) is 4. The number of allylic oxidation sites excluding steroid dienone is 4. The average molecular weight is 622 g/mol. The van der Waals surface area contributed by atoms with Crippen molar-refractivity contribution in [1.29, 1.82) is 0 Å². The van der Waals surface area contributed by atoms with Crippen molar-refractivity contribution in [2.24, 2.45) is 17.6 Å². The number of primary amides is 1. The Labute approximate surface area is 258 Å². The van der Waals surface area contributed by atoms with E-state index in [4.69, 9.17) is 31.5 Å². The summed E-state index contributed by atoms with van der Waals surface area (Å²) in [7, 11) is 2.92. The van der Waals surface area contributed by atoms with E-state index in [1.165, 1.54) is 20.3 Å². The van der Waals surface area contributed by atoms with Gasteiger partial charge in [0.05, 0.1) is 23.6 Å². The predicted octanol–water partition coefficient (Wildman–Crippen LogP) is 2.98. The Morgan fingerprint density at radius 2 is 1.88 bits per heavy atom. The lowest BCUT2D eigenvalue weighted by Gasteiger charge is -2.30. The van der Waals surface area contributed by atoms with Gasteiger partial charge in [0.1, 0.15) is 6.10 Å². The van der Waals surface area contributed by atoms with Gasteiger partial charge in [0.15, 0.2) is 6.10 Å². The molecule has 0 saturated carbocycles. The molecule has 0 radical (unpaired) electrons. The lowest BCUT2D eigenvalue weighted by Crippen LogP contribution is -2.39. The Hall–Kier alpha value is -3.25. The first-order valence-corrected chi connectivity index (χ1v) is 14.7. The number of nitrogens with two attached hydrogens (primary N) is 1. The summed E-state index contributed by atoms with van der Waals surface area (Å²) in [5.74, 6) is -1.99. The van der Waals surface area contributed by atoms with Crippen molar-refractivity contribution in [1.82, 2.24) is 10.6 Å². The van der Waals surface area contributed by atoms with Crippen LogP contribution >= 0.6 is 11.6 Å². The second-order valence-corrected chi connectivity index (χ2v) is 11.4. The Morgan fingerprint density at radius 1 is 1.21 bits per heavy atom. The third-order valence-electron chi connectivity index (χ3n) is 7.42. The average Bonchev–Trinajstić information content (AvgIpc) is 2.95. The van der Waals surface area contributed by atoms with Crippen LogP contribution in [0.1, 0.15) is 47.5 Å². The van der Waals surface area contributed by atoms with Crippen molar-refractivity contribution in [3.63, 3.8) is 0 Å². The minimum absolute atomic E-state index is 0.136. The van der Waals surface area contributed by atoms with Crippen LogP contribution in [0.2, 0.25) is 0 Å². The fraction of sp³-hybridized carbons (Fsp3) is 0.548. The van der Waals surface area contributed by atoms with E-state index in [-0.39, 0.29) is 46.8 Å². The van der Waals surface area contributed by atoms with Crippen LogP contribution in [0.15, 0.2) is 58.5 Å². The van der Waals surface area contributed by atoms with Crippen molar-refractivity contribution < 1.29 is 38.5 Å². The molecule has 2 bridgehead atoms. The molecule has 7 atom stereocenters. The maximum atomic E-state index is 13.6. The van der Waals surface area contributed by atoms with Crippen molar-refractivity contribution in [2.45, 2.75) is 77.9 Å². The molecule has 2 amide bonds. The minimum atomic E-state index is -1.00. The molecule has 1 heterocycles. The van der Waals surface area contributed by atoms with Crippen LogP contribution in [0.3, 0.4) is 0 Å². The van der Waals surface area contributed by atoms with Gasteiger partial charge in [-0.2, -0.15) is 0 Å². The van der Waals surface area contributed by atoms with E-state index in [1.54, 1.807) is 45.9 Å². The van der Waals surface area contributed by atoms with Crippen LogP contribution < -0.4 is 16.4 Å². The van der Waals surface area contributed by atoms with E-state index in [0.29, 0.717) is 12.0 Å². The van der Waals surface area contributed by atoms with Gasteiger partial charge in [-0.25, -0.2) is 4.79 Å². The van der Waals surface area contributed by atoms with Gasteiger partial charge in [-0.1, -0.05) is 38.2 Å². The monoisotopic (exact) mass is 621 g/mol. The molecule has 2 rings (SSSR count). The van der Waals surface area contributed by atoms with Gasteiger partial charge in [-0.05, 0) is 45.1 Å². The number of hydrogen-bond acceptors (Lipinski definition) is 9. The van der Waals surface area contributed by atoms with E-state index < -0.39 is 53.9 Å². The standard InChI is InChI=1S/C31H44ClN3O8/c1-16-11-21-26(34-20(5)15-32)23(36)14-22(28(21)38)35-30(39)17(2)9-8-10-24(41-6)29(43-31(33)40)19(4)13-18(3)27(37)25(12-16)42-7/h8-10,13-14,16,18,20,24-25,27,29,34,37H,11-12,15H2,1-7H3,(H2,33,40)(H,35,39)/b10-8-,17-9+,19-13+/t16-,18+,20?,24+,25+,27-,29+/m1/s1. The van der Waals surface area contributed by atoms with Crippen molar-refractivity contribution in [2.75, 3.05) is 20.1 Å². The largest absolute Gasteiger partial charge is 0.439 e. The summed E-state index contributed by atoms with van der Waals surface area (Å²) in [4.78, 5) is 51.6. The first-order chi connectivity index (χ1) is 20.2. The van der Waals surface area contributed by atoms with Gasteiger partial charge in [0.25, 0.3) is 5.91 Å². The second-order valence-electron chi connectivity index (χ2n) is 11.1. The van der Waals surface area contributed by atoms with Gasteiger partial charge in [-0.15, -0.1) is 11.6 Å². The summed E-state index contributed by atoms with van der Waals surface area (Å²) in [6, 6.07) is -0.294. The predicted molar refractivity (Wildman–Crippen MR) is 163 cm³/mol. The number of amides is 2. The molecule has 238 valence electrons. The number of ether oxygens (including phenoxy) is 3. The number of carbonyl (C=O) groups is 4. The van der Waals surface area contributed by atoms with E-state index in [0.717, 1.165) is 6.08 Å². The summed E-state index contributed by atoms with van der Waals surface area (Å²) >= 11 is 5.97. The Balaban J connectivity index is 2.64. The van der Waals surface area contributed by atoms with Gasteiger partial charge < -0.3 is 35.7 Å². The lowest BCUT2D eigenvalue weighted by atomic mass is 9.85. The third-order valence-corrected chi connectivity index (χ3v) is 7.88. The summed E-state index contributed by atoms with van der Waals surface area (Å²) in [6.45, 7) is 8.75. The van der Waals surface area contributed by atoms with Crippen molar-refractivity contribution >= 4 is 35.2 Å². The van der Waals surface area contributed by atoms with Crippen LogP contribution in [-0.2, 0) is 28.6 Å². The fourth-order valence-electron chi connectivity index (χ4n) is 5.03. The zero-order valence-corrected chi connectivity index (χ0v) is 26.6. The van der Waals surface area contributed by atoms with E-state index in [9.17, 15) is 24.3 Å². The van der Waals surface area contributed by atoms with E-state index in [2.05, 4.69) is 10.6 Å². The molecule has 0 aromatic rings. The Morgan fingerprint density at radius 3 is 2.47 bits per heavy atom. The van der Waals surface area contributed by atoms with Gasteiger partial charge >= 0.3 is 6.09 Å². The molecule has 0 aromatic heterocycles. The van der Waals surface area contributed by atoms with Crippen molar-refractivity contribution in [3.05, 3.63) is 58.5 Å². The summed E-state index contributed by atoms with van der Waals surface area (Å²) in [6.07, 6.45) is 3.70. The molecule has 0 aromatic carbocycles. The van der Waals surface area contributed by atoms with Gasteiger partial charge in [0, 0.05) is 49.3 Å². The van der Waals surface area contributed by atoms with Crippen LogP contribution in [0.25, 0.3) is 0 Å². The highest BCUT2D eigenvalue weighted by Crippen LogP contribution is 2.29. The third kappa shape index (κ3) is 9.89. The molecule has 1 aliphatic heterocycles. The number of carbonyl (C=O) groups excluding carboxylic acids is 4. The normalized spacial score (nSPS) is 32.0. The number of aliphatic hydroxyl groups excluding tert-OH is 1. The Bertz CT molecular complexity index is 1220. The van der Waals surface area contributed by atoms with Crippen LogP contribution in [0.4, 0.5) is 4.79 Å². The SMILES string of the molecule is CO[C@H]1/C=C\C=C(/C)C(=O)NC2=CC(=O)C(NC(C)CCl)=C(C[C@@H](C)C[C@H](OC)[C@H](O)[C@@H](C)/C=C(\C)[C@@H]1OC(N)=O)C2=O. The maximum absolute atomic E-state index is 13.6. The first-order valence-electron chi connectivity index (χ1n) is 14.1. The fourth-order valence-corrected chi connectivity index (χ4v) is 5.11. The molecule has 0 fully saturated rings. The molecule has 2 aliphatic rings. The molecular weight excluding hydrogens is 578 g/mol. The number of nitrogens with one attached hydrogen (secondary N) is 2. The van der Waals surface area contributed by atoms with Crippen LogP contribution in [0, 0.1) is 11.8 Å². The Kier molecular flexibility index (Phi) is 13.8. The highest BCUT2D eigenvalue weighted by atomic mass is 35.5. The number of methoxy groups -OCH3 is 2. The molecule has 1 unspecified atom stereocenters. The first kappa shape index (κ1) is 35.9. The van der Waals surface area contributed by atoms with E-state index >= 15 is 0 Å². The number of alkyl halides is 1. The molecular formula is C31H44ClN3O8. The molecule has 1 aliphatic carbocycles. The second kappa shape index (κ2) is 16.6. The zero-order valence-electron chi connectivity index (χ0n) is 25.8. The number of aliphatic hydroxyl groups is 1. The lowest BCUT2D eigenvalue weighted by molar-refractivity contribution is -0.120. The number of fused-ring (bicyclic) bond motifs is 2. The summed E-state index contributed by atoms with van der Waals surface area (Å²) in [5.41, 5.74) is 6.38. The van der Waals surface area contributed by atoms with Crippen molar-refractivity contribution in [3.8, 4) is 0 Å². The zero-order chi connectivity index (χ0) is 32.4. The quantitative estimate of drug-likeness (QED) is 0.198. The smallest absolute Gasteiger partial charge is 0.405 e. The van der Waals surface area contributed by atoms with Crippen LogP contribution in [-0.4, -0.2) is 79.2 Å². The number of Topliss-reactive ketones (excluding diaryl/α,β-unsaturated/α-hetero) is 1. The van der Waals surface area contributed by atoms with Crippen LogP contribution in [0.5, 0.6) is 0 Å². The summed E-state index contributed by atoms with van der Waals surface area (Å²) in [5, 5.41) is 16.9. The summed E-state index contributed by atoms with van der Waals surface area (Å²) < 4.78 is 16.6. The number of halogens is 1. The highest BCUT2D eigenvalue weighted by molar-refractivity contribution is 6.23. The highest BCUT2D eigenvalue weighted by Gasteiger charge is 2.33.